The van der Waals surface area contributed by atoms with Crippen molar-refractivity contribution in [2.24, 2.45) is 11.8 Å². The van der Waals surface area contributed by atoms with Crippen molar-refractivity contribution < 1.29 is 24.6 Å². The SMILES string of the molecule is CC(C)C[C@@H]1CC(=O)N(C(=O)O)[C@@H](C(=O)O)C1. The minimum absolute atomic E-state index is 0.0424. The number of nitrogens with zero attached hydrogens (tertiary/aromatic N) is 1. The van der Waals surface area contributed by atoms with Crippen LogP contribution in [0.2, 0.25) is 0 Å². The van der Waals surface area contributed by atoms with Crippen LogP contribution in [-0.2, 0) is 9.59 Å². The molecule has 0 aromatic rings. The molecule has 1 heterocycles. The highest BCUT2D eigenvalue weighted by atomic mass is 16.4. The molecule has 0 aromatic heterocycles. The lowest BCUT2D eigenvalue weighted by Gasteiger charge is -2.34. The maximum absolute atomic E-state index is 11.6. The Morgan fingerprint density at radius 3 is 2.41 bits per heavy atom. The Bertz CT molecular complexity index is 339. The first-order valence-corrected chi connectivity index (χ1v) is 5.60. The number of imide groups is 1. The number of carboxylic acids is 1. The van der Waals surface area contributed by atoms with Crippen molar-refractivity contribution in [3.05, 3.63) is 0 Å². The standard InChI is InChI=1S/C11H17NO5/c1-6(2)3-7-4-8(10(14)15)12(11(16)17)9(13)5-7/h6-8H,3-5H2,1-2H3,(H,14,15)(H,16,17)/t7-,8+/m0/s1. The number of aliphatic carboxylic acids is 1. The molecule has 0 aromatic carbocycles. The fourth-order valence-corrected chi connectivity index (χ4v) is 2.32. The zero-order valence-electron chi connectivity index (χ0n) is 9.92. The van der Waals surface area contributed by atoms with Crippen molar-refractivity contribution >= 4 is 18.0 Å². The first kappa shape index (κ1) is 13.5. The van der Waals surface area contributed by atoms with Crippen LogP contribution >= 0.6 is 0 Å². The van der Waals surface area contributed by atoms with Crippen molar-refractivity contribution in [2.45, 2.75) is 39.2 Å². The molecule has 2 atom stereocenters. The third-order valence-corrected chi connectivity index (χ3v) is 2.90. The molecule has 0 spiro atoms. The topological polar surface area (TPSA) is 94.9 Å². The third-order valence-electron chi connectivity index (χ3n) is 2.90. The van der Waals surface area contributed by atoms with E-state index in [9.17, 15) is 14.4 Å². The molecule has 1 aliphatic heterocycles. The second-order valence-corrected chi connectivity index (χ2v) is 4.84. The van der Waals surface area contributed by atoms with Crippen LogP contribution in [0.25, 0.3) is 0 Å². The summed E-state index contributed by atoms with van der Waals surface area (Å²) in [5.41, 5.74) is 0. The average molecular weight is 243 g/mol. The summed E-state index contributed by atoms with van der Waals surface area (Å²) in [6.07, 6.45) is -0.409. The van der Waals surface area contributed by atoms with Gasteiger partial charge in [0.05, 0.1) is 0 Å². The molecule has 1 aliphatic rings. The fraction of sp³-hybridized carbons (Fsp3) is 0.727. The molecule has 0 aliphatic carbocycles. The van der Waals surface area contributed by atoms with E-state index in [2.05, 4.69) is 0 Å². The minimum atomic E-state index is -1.48. The van der Waals surface area contributed by atoms with Gasteiger partial charge >= 0.3 is 12.1 Å². The van der Waals surface area contributed by atoms with Crippen molar-refractivity contribution in [1.82, 2.24) is 4.90 Å². The van der Waals surface area contributed by atoms with Gasteiger partial charge in [-0.15, -0.1) is 0 Å². The summed E-state index contributed by atoms with van der Waals surface area (Å²) in [6, 6.07) is -1.24. The van der Waals surface area contributed by atoms with Gasteiger partial charge in [-0.3, -0.25) is 4.79 Å². The van der Waals surface area contributed by atoms with Gasteiger partial charge < -0.3 is 10.2 Å². The highest BCUT2D eigenvalue weighted by Gasteiger charge is 2.41. The van der Waals surface area contributed by atoms with E-state index in [1.807, 2.05) is 13.8 Å². The van der Waals surface area contributed by atoms with Gasteiger partial charge in [0, 0.05) is 6.42 Å². The number of carbonyl (C=O) groups excluding carboxylic acids is 1. The van der Waals surface area contributed by atoms with E-state index in [-0.39, 0.29) is 18.8 Å². The molecule has 1 rings (SSSR count). The van der Waals surface area contributed by atoms with E-state index in [4.69, 9.17) is 10.2 Å². The summed E-state index contributed by atoms with van der Waals surface area (Å²) in [6.45, 7) is 3.98. The zero-order chi connectivity index (χ0) is 13.2. The van der Waals surface area contributed by atoms with E-state index in [1.54, 1.807) is 0 Å². The predicted molar refractivity (Wildman–Crippen MR) is 58.5 cm³/mol. The quantitative estimate of drug-likeness (QED) is 0.781. The van der Waals surface area contributed by atoms with Crippen molar-refractivity contribution in [1.29, 1.82) is 0 Å². The van der Waals surface area contributed by atoms with E-state index in [0.29, 0.717) is 10.8 Å². The van der Waals surface area contributed by atoms with Gasteiger partial charge in [-0.05, 0) is 24.7 Å². The lowest BCUT2D eigenvalue weighted by molar-refractivity contribution is -0.152. The average Bonchev–Trinajstić information content (AvgIpc) is 2.14. The summed E-state index contributed by atoms with van der Waals surface area (Å²) in [5.74, 6) is -1.55. The van der Waals surface area contributed by atoms with Gasteiger partial charge in [0.15, 0.2) is 0 Å². The fourth-order valence-electron chi connectivity index (χ4n) is 2.32. The summed E-state index contributed by atoms with van der Waals surface area (Å²) in [4.78, 5) is 33.9. The van der Waals surface area contributed by atoms with E-state index in [0.717, 1.165) is 6.42 Å². The molecule has 1 saturated heterocycles. The molecule has 6 nitrogen and oxygen atoms in total. The number of piperidine rings is 1. The Kier molecular flexibility index (Phi) is 4.09. The molecular weight excluding hydrogens is 226 g/mol. The molecule has 1 fully saturated rings. The number of likely N-dealkylation sites (tertiary alicyclic amines) is 1. The Balaban J connectivity index is 2.84. The van der Waals surface area contributed by atoms with Crippen LogP contribution in [0.5, 0.6) is 0 Å². The smallest absolute Gasteiger partial charge is 0.414 e. The molecule has 0 saturated carbocycles. The van der Waals surface area contributed by atoms with Gasteiger partial charge in [-0.2, -0.15) is 0 Å². The Morgan fingerprint density at radius 2 is 2.00 bits per heavy atom. The normalized spacial score (nSPS) is 25.1. The second kappa shape index (κ2) is 5.16. The lowest BCUT2D eigenvalue weighted by atomic mass is 9.84. The number of rotatable bonds is 3. The van der Waals surface area contributed by atoms with Crippen LogP contribution < -0.4 is 0 Å². The lowest BCUT2D eigenvalue weighted by Crippen LogP contribution is -2.52. The largest absolute Gasteiger partial charge is 0.480 e. The van der Waals surface area contributed by atoms with Crippen LogP contribution in [-0.4, -0.2) is 39.1 Å². The van der Waals surface area contributed by atoms with E-state index in [1.165, 1.54) is 0 Å². The van der Waals surface area contributed by atoms with Gasteiger partial charge in [0.25, 0.3) is 0 Å². The summed E-state index contributed by atoms with van der Waals surface area (Å²) < 4.78 is 0. The summed E-state index contributed by atoms with van der Waals surface area (Å²) in [5, 5.41) is 17.8. The monoisotopic (exact) mass is 243 g/mol. The van der Waals surface area contributed by atoms with Gasteiger partial charge in [-0.25, -0.2) is 14.5 Å². The van der Waals surface area contributed by atoms with Gasteiger partial charge in [-0.1, -0.05) is 13.8 Å². The molecule has 2 amide bonds. The van der Waals surface area contributed by atoms with Crippen LogP contribution in [0.1, 0.15) is 33.1 Å². The molecule has 0 unspecified atom stereocenters. The molecule has 17 heavy (non-hydrogen) atoms. The Morgan fingerprint density at radius 1 is 1.41 bits per heavy atom. The number of amides is 2. The molecule has 2 N–H and O–H groups in total. The van der Waals surface area contributed by atoms with Crippen molar-refractivity contribution in [3.8, 4) is 0 Å². The van der Waals surface area contributed by atoms with Gasteiger partial charge in [0.1, 0.15) is 6.04 Å². The number of hydrogen-bond donors (Lipinski definition) is 2. The van der Waals surface area contributed by atoms with Crippen LogP contribution in [0.3, 0.4) is 0 Å². The first-order valence-electron chi connectivity index (χ1n) is 5.60. The summed E-state index contributed by atoms with van der Waals surface area (Å²) >= 11 is 0. The third kappa shape index (κ3) is 3.18. The predicted octanol–water partition coefficient (Wildman–Crippen LogP) is 1.40. The highest BCUT2D eigenvalue weighted by Crippen LogP contribution is 2.29. The van der Waals surface area contributed by atoms with Crippen LogP contribution in [0.4, 0.5) is 4.79 Å². The molecular formula is C11H17NO5. The molecule has 96 valence electrons. The molecule has 6 heteroatoms. The van der Waals surface area contributed by atoms with Crippen LogP contribution in [0.15, 0.2) is 0 Å². The number of hydrogen-bond acceptors (Lipinski definition) is 3. The highest BCUT2D eigenvalue weighted by molar-refractivity contribution is 5.96. The second-order valence-electron chi connectivity index (χ2n) is 4.84. The summed E-state index contributed by atoms with van der Waals surface area (Å²) in [7, 11) is 0. The Hall–Kier alpha value is -1.59. The van der Waals surface area contributed by atoms with Crippen molar-refractivity contribution in [2.75, 3.05) is 0 Å². The van der Waals surface area contributed by atoms with Gasteiger partial charge in [0.2, 0.25) is 5.91 Å². The maximum atomic E-state index is 11.6. The Labute approximate surface area is 99.2 Å². The van der Waals surface area contributed by atoms with Crippen LogP contribution in [0, 0.1) is 11.8 Å². The minimum Gasteiger partial charge on any atom is -0.480 e. The number of carboxylic acid groups (broad SMARTS) is 2. The van der Waals surface area contributed by atoms with E-state index < -0.39 is 24.0 Å². The zero-order valence-corrected chi connectivity index (χ0v) is 9.92. The maximum Gasteiger partial charge on any atom is 0.414 e. The molecule has 0 radical (unpaired) electrons. The first-order chi connectivity index (χ1) is 7.82. The number of carbonyl (C=O) groups is 3. The van der Waals surface area contributed by atoms with E-state index >= 15 is 0 Å². The molecule has 0 bridgehead atoms. The van der Waals surface area contributed by atoms with Crippen molar-refractivity contribution in [3.63, 3.8) is 0 Å².